The topological polar surface area (TPSA) is 54.4 Å². The Kier molecular flexibility index (Phi) is 4.49. The zero-order valence-electron chi connectivity index (χ0n) is 13.6. The average molecular weight is 338 g/mol. The van der Waals surface area contributed by atoms with E-state index in [9.17, 15) is 14.1 Å². The molecule has 1 aliphatic rings. The minimum Gasteiger partial charge on any atom is -0.481 e. The maximum Gasteiger partial charge on any atom is 0.307 e. The molecule has 0 aliphatic heterocycles. The van der Waals surface area contributed by atoms with Crippen molar-refractivity contribution in [3.8, 4) is 0 Å². The molecule has 0 saturated carbocycles. The Morgan fingerprint density at radius 3 is 2.29 bits per heavy atom. The van der Waals surface area contributed by atoms with Crippen LogP contribution in [0.15, 0.2) is 59.0 Å². The van der Waals surface area contributed by atoms with E-state index in [1.807, 2.05) is 55.5 Å². The highest BCUT2D eigenvalue weighted by Gasteiger charge is 2.24. The Hall–Kier alpha value is -2.46. The molecule has 0 fully saturated rings. The highest BCUT2D eigenvalue weighted by atomic mass is 32.2. The molecule has 122 valence electrons. The molecule has 2 aromatic carbocycles. The zero-order chi connectivity index (χ0) is 17.3. The molecule has 0 amide bonds. The minimum absolute atomic E-state index is 0.0218. The van der Waals surface area contributed by atoms with E-state index in [0.717, 1.165) is 38.3 Å². The van der Waals surface area contributed by atoms with Crippen molar-refractivity contribution < 1.29 is 14.1 Å². The van der Waals surface area contributed by atoms with Crippen molar-refractivity contribution in [1.29, 1.82) is 0 Å². The lowest BCUT2D eigenvalue weighted by Crippen LogP contribution is -1.96. The largest absolute Gasteiger partial charge is 0.481 e. The van der Waals surface area contributed by atoms with E-state index in [-0.39, 0.29) is 6.42 Å². The molecule has 1 atom stereocenters. The van der Waals surface area contributed by atoms with Gasteiger partial charge < -0.3 is 5.11 Å². The second-order valence-corrected chi connectivity index (χ2v) is 7.18. The maximum atomic E-state index is 11.5. The first-order valence-corrected chi connectivity index (χ1v) is 9.20. The number of allylic oxidation sites excluding steroid dienone is 2. The van der Waals surface area contributed by atoms with Crippen LogP contribution < -0.4 is 0 Å². The van der Waals surface area contributed by atoms with E-state index in [0.29, 0.717) is 0 Å². The van der Waals surface area contributed by atoms with Gasteiger partial charge >= 0.3 is 5.97 Å². The lowest BCUT2D eigenvalue weighted by molar-refractivity contribution is -0.135. The van der Waals surface area contributed by atoms with Gasteiger partial charge in [-0.25, -0.2) is 0 Å². The van der Waals surface area contributed by atoms with Crippen molar-refractivity contribution in [2.24, 2.45) is 0 Å². The van der Waals surface area contributed by atoms with Crippen LogP contribution in [0.25, 0.3) is 17.2 Å². The van der Waals surface area contributed by atoms with E-state index >= 15 is 0 Å². The van der Waals surface area contributed by atoms with Crippen molar-refractivity contribution in [3.05, 3.63) is 70.8 Å². The van der Waals surface area contributed by atoms with Crippen LogP contribution in [0, 0.1) is 0 Å². The molecular weight excluding hydrogens is 320 g/mol. The molecule has 3 rings (SSSR count). The summed E-state index contributed by atoms with van der Waals surface area (Å²) in [6.07, 6.45) is 3.74. The second kappa shape index (κ2) is 6.57. The first kappa shape index (κ1) is 16.4. The lowest BCUT2D eigenvalue weighted by Gasteiger charge is -2.04. The van der Waals surface area contributed by atoms with Gasteiger partial charge in [0.05, 0.1) is 6.42 Å². The Morgan fingerprint density at radius 1 is 1.08 bits per heavy atom. The number of benzene rings is 2. The van der Waals surface area contributed by atoms with E-state index < -0.39 is 16.8 Å². The van der Waals surface area contributed by atoms with Crippen LogP contribution in [0.2, 0.25) is 0 Å². The van der Waals surface area contributed by atoms with Crippen molar-refractivity contribution in [1.82, 2.24) is 0 Å². The fraction of sp³-hybridized carbons (Fsp3) is 0.150. The number of rotatable bonds is 4. The fourth-order valence-electron chi connectivity index (χ4n) is 3.04. The van der Waals surface area contributed by atoms with Crippen LogP contribution in [-0.2, 0) is 15.6 Å². The summed E-state index contributed by atoms with van der Waals surface area (Å²) in [6, 6.07) is 15.5. The van der Waals surface area contributed by atoms with Gasteiger partial charge in [0.1, 0.15) is 0 Å². The van der Waals surface area contributed by atoms with Crippen LogP contribution in [0.1, 0.15) is 30.0 Å². The fourth-order valence-corrected chi connectivity index (χ4v) is 3.55. The summed E-state index contributed by atoms with van der Waals surface area (Å²) in [5, 5.41) is 9.19. The number of carboxylic acid groups (broad SMARTS) is 1. The van der Waals surface area contributed by atoms with Crippen LogP contribution >= 0.6 is 0 Å². The molecule has 0 spiro atoms. The summed E-state index contributed by atoms with van der Waals surface area (Å²) in [4.78, 5) is 12.0. The van der Waals surface area contributed by atoms with E-state index in [1.165, 1.54) is 0 Å². The molecule has 24 heavy (non-hydrogen) atoms. The predicted molar refractivity (Wildman–Crippen MR) is 97.9 cm³/mol. The SMILES string of the molecule is CC1=C(CC(=O)O)c2ccccc2/C1=C/c1ccc(S(C)=O)cc1. The predicted octanol–water partition coefficient (Wildman–Crippen LogP) is 4.23. The van der Waals surface area contributed by atoms with Crippen molar-refractivity contribution in [2.75, 3.05) is 6.26 Å². The normalized spacial score (nSPS) is 16.3. The molecule has 1 aliphatic carbocycles. The maximum absolute atomic E-state index is 11.5. The molecule has 0 saturated heterocycles. The van der Waals surface area contributed by atoms with Gasteiger partial charge in [-0.2, -0.15) is 0 Å². The minimum atomic E-state index is -0.992. The average Bonchev–Trinajstić information content (AvgIpc) is 2.81. The first-order valence-electron chi connectivity index (χ1n) is 7.64. The van der Waals surface area contributed by atoms with Gasteiger partial charge in [0, 0.05) is 22.0 Å². The van der Waals surface area contributed by atoms with Crippen molar-refractivity contribution >= 4 is 34.0 Å². The number of carbonyl (C=O) groups is 1. The molecule has 0 radical (unpaired) electrons. The second-order valence-electron chi connectivity index (χ2n) is 5.80. The molecular formula is C20H18O3S. The third-order valence-corrected chi connectivity index (χ3v) is 5.19. The molecule has 2 aromatic rings. The van der Waals surface area contributed by atoms with E-state index in [1.54, 1.807) is 6.26 Å². The van der Waals surface area contributed by atoms with Crippen LogP contribution in [0.5, 0.6) is 0 Å². The number of hydrogen-bond donors (Lipinski definition) is 1. The van der Waals surface area contributed by atoms with Gasteiger partial charge in [-0.15, -0.1) is 0 Å². The number of aliphatic carboxylic acids is 1. The monoisotopic (exact) mass is 338 g/mol. The summed E-state index contributed by atoms with van der Waals surface area (Å²) < 4.78 is 11.5. The summed E-state index contributed by atoms with van der Waals surface area (Å²) in [5.74, 6) is -0.824. The van der Waals surface area contributed by atoms with Gasteiger partial charge in [0.25, 0.3) is 0 Å². The molecule has 4 heteroatoms. The Bertz CT molecular complexity index is 889. The number of hydrogen-bond acceptors (Lipinski definition) is 2. The highest BCUT2D eigenvalue weighted by molar-refractivity contribution is 7.84. The third kappa shape index (κ3) is 3.10. The molecule has 3 nitrogen and oxygen atoms in total. The lowest BCUT2D eigenvalue weighted by atomic mass is 10.0. The smallest absolute Gasteiger partial charge is 0.307 e. The van der Waals surface area contributed by atoms with E-state index in [4.69, 9.17) is 0 Å². The molecule has 1 unspecified atom stereocenters. The number of fused-ring (bicyclic) bond motifs is 1. The Morgan fingerprint density at radius 2 is 1.71 bits per heavy atom. The van der Waals surface area contributed by atoms with Crippen molar-refractivity contribution in [3.63, 3.8) is 0 Å². The molecule has 0 aromatic heterocycles. The molecule has 0 heterocycles. The quantitative estimate of drug-likeness (QED) is 0.908. The summed E-state index contributed by atoms with van der Waals surface area (Å²) in [6.45, 7) is 1.97. The first-order chi connectivity index (χ1) is 11.5. The summed E-state index contributed by atoms with van der Waals surface area (Å²) in [7, 11) is -0.992. The van der Waals surface area contributed by atoms with Gasteiger partial charge in [-0.3, -0.25) is 9.00 Å². The van der Waals surface area contributed by atoms with E-state index in [2.05, 4.69) is 6.08 Å². The van der Waals surface area contributed by atoms with Gasteiger partial charge in [-0.1, -0.05) is 36.4 Å². The van der Waals surface area contributed by atoms with Crippen molar-refractivity contribution in [2.45, 2.75) is 18.2 Å². The zero-order valence-corrected chi connectivity index (χ0v) is 14.4. The highest BCUT2D eigenvalue weighted by Crippen LogP contribution is 2.43. The van der Waals surface area contributed by atoms with Gasteiger partial charge in [-0.05, 0) is 58.5 Å². The Labute approximate surface area is 143 Å². The Balaban J connectivity index is 2.07. The molecule has 1 N–H and O–H groups in total. The van der Waals surface area contributed by atoms with Crippen LogP contribution in [-0.4, -0.2) is 21.5 Å². The molecule has 0 bridgehead atoms. The summed E-state index contributed by atoms with van der Waals surface area (Å²) >= 11 is 0. The number of carboxylic acids is 1. The van der Waals surface area contributed by atoms with Gasteiger partial charge in [0.2, 0.25) is 0 Å². The van der Waals surface area contributed by atoms with Gasteiger partial charge in [0.15, 0.2) is 0 Å². The van der Waals surface area contributed by atoms with Crippen LogP contribution in [0.3, 0.4) is 0 Å². The standard InChI is InChI=1S/C20H18O3S/c1-13-18(11-14-7-9-15(10-8-14)24(2)23)16-5-3-4-6-17(16)19(13)12-20(21)22/h3-11H,12H2,1-2H3,(H,21,22)/b18-11+. The van der Waals surface area contributed by atoms with Crippen LogP contribution in [0.4, 0.5) is 0 Å². The summed E-state index contributed by atoms with van der Waals surface area (Å²) in [5.41, 5.74) is 5.99. The third-order valence-electron chi connectivity index (χ3n) is 4.25.